The number of hydrogen-bond donors (Lipinski definition) is 1. The quantitative estimate of drug-likeness (QED) is 0.901. The van der Waals surface area contributed by atoms with Gasteiger partial charge in [0.2, 0.25) is 0 Å². The maximum absolute atomic E-state index is 11.1. The number of rotatable bonds is 2. The first-order chi connectivity index (χ1) is 8.99. The van der Waals surface area contributed by atoms with Gasteiger partial charge in [0.1, 0.15) is 0 Å². The van der Waals surface area contributed by atoms with E-state index in [-0.39, 0.29) is 17.2 Å². The first-order valence-corrected chi connectivity index (χ1v) is 6.33. The first kappa shape index (κ1) is 12.2. The van der Waals surface area contributed by atoms with Crippen LogP contribution in [0.15, 0.2) is 24.5 Å². The van der Waals surface area contributed by atoms with E-state index in [1.807, 2.05) is 4.57 Å². The molecule has 1 fully saturated rings. The fourth-order valence-corrected chi connectivity index (χ4v) is 2.76. The molecule has 3 rings (SSSR count). The van der Waals surface area contributed by atoms with Crippen LogP contribution >= 0.6 is 0 Å². The fourth-order valence-electron chi connectivity index (χ4n) is 2.76. The van der Waals surface area contributed by atoms with Gasteiger partial charge in [-0.3, -0.25) is 0 Å². The fraction of sp³-hybridized carbons (Fsp3) is 0.429. The summed E-state index contributed by atoms with van der Waals surface area (Å²) in [6.07, 6.45) is 2.69. The van der Waals surface area contributed by atoms with E-state index < -0.39 is 5.97 Å². The molecular formula is C14H16N2O3. The second-order valence-corrected chi connectivity index (χ2v) is 5.42. The normalized spacial score (nSPS) is 21.9. The Bertz CT molecular complexity index is 645. The molecule has 0 saturated carbocycles. The van der Waals surface area contributed by atoms with Gasteiger partial charge in [-0.05, 0) is 38.5 Å². The summed E-state index contributed by atoms with van der Waals surface area (Å²) in [6.45, 7) is 4.82. The monoisotopic (exact) mass is 260 g/mol. The molecule has 5 nitrogen and oxygen atoms in total. The molecule has 100 valence electrons. The van der Waals surface area contributed by atoms with Gasteiger partial charge in [0.25, 0.3) is 0 Å². The number of carboxylic acids is 1. The van der Waals surface area contributed by atoms with Crippen LogP contribution < -0.4 is 0 Å². The molecular weight excluding hydrogens is 244 g/mol. The summed E-state index contributed by atoms with van der Waals surface area (Å²) in [7, 11) is 0. The van der Waals surface area contributed by atoms with E-state index in [1.54, 1.807) is 24.5 Å². The molecule has 1 aliphatic heterocycles. The smallest absolute Gasteiger partial charge is 0.335 e. The predicted molar refractivity (Wildman–Crippen MR) is 70.4 cm³/mol. The topological polar surface area (TPSA) is 64.4 Å². The number of carbonyl (C=O) groups is 1. The van der Waals surface area contributed by atoms with Crippen molar-refractivity contribution < 1.29 is 14.6 Å². The van der Waals surface area contributed by atoms with Gasteiger partial charge in [0.05, 0.1) is 34.6 Å². The van der Waals surface area contributed by atoms with Crippen molar-refractivity contribution in [3.8, 4) is 0 Å². The molecule has 2 heterocycles. The average molecular weight is 260 g/mol. The summed E-state index contributed by atoms with van der Waals surface area (Å²) in [5.41, 5.74) is 1.69. The maximum Gasteiger partial charge on any atom is 0.335 e. The largest absolute Gasteiger partial charge is 0.478 e. The van der Waals surface area contributed by atoms with Crippen LogP contribution in [-0.4, -0.2) is 32.8 Å². The number of aromatic carboxylic acids is 1. The summed E-state index contributed by atoms with van der Waals surface area (Å²) in [5.74, 6) is -0.920. The summed E-state index contributed by atoms with van der Waals surface area (Å²) in [5, 5.41) is 9.09. The Balaban J connectivity index is 2.14. The van der Waals surface area contributed by atoms with Gasteiger partial charge in [-0.1, -0.05) is 0 Å². The molecule has 1 aliphatic rings. The first-order valence-electron chi connectivity index (χ1n) is 6.33. The average Bonchev–Trinajstić information content (AvgIpc) is 2.90. The van der Waals surface area contributed by atoms with Crippen LogP contribution in [0.5, 0.6) is 0 Å². The van der Waals surface area contributed by atoms with Crippen LogP contribution in [0.1, 0.15) is 36.7 Å². The molecule has 19 heavy (non-hydrogen) atoms. The standard InChI is InChI=1S/C14H16N2O3/c1-14(2)12(5-6-19-14)16-8-15-10-4-3-9(13(17)18)7-11(10)16/h3-4,7-8,12H,5-6H2,1-2H3,(H,17,18). The minimum Gasteiger partial charge on any atom is -0.478 e. The van der Waals surface area contributed by atoms with Crippen molar-refractivity contribution in [1.29, 1.82) is 0 Å². The Morgan fingerprint density at radius 1 is 1.53 bits per heavy atom. The lowest BCUT2D eigenvalue weighted by Gasteiger charge is -2.27. The van der Waals surface area contributed by atoms with Gasteiger partial charge in [0.15, 0.2) is 0 Å². The van der Waals surface area contributed by atoms with Crippen molar-refractivity contribution in [2.45, 2.75) is 31.9 Å². The molecule has 2 aromatic rings. The molecule has 1 N–H and O–H groups in total. The van der Waals surface area contributed by atoms with E-state index in [2.05, 4.69) is 18.8 Å². The number of fused-ring (bicyclic) bond motifs is 1. The molecule has 5 heteroatoms. The number of benzene rings is 1. The van der Waals surface area contributed by atoms with Crippen molar-refractivity contribution in [1.82, 2.24) is 9.55 Å². The third kappa shape index (κ3) is 1.90. The minimum atomic E-state index is -0.920. The molecule has 1 atom stereocenters. The number of nitrogens with zero attached hydrogens (tertiary/aromatic N) is 2. The molecule has 0 amide bonds. The van der Waals surface area contributed by atoms with Gasteiger partial charge in [-0.15, -0.1) is 0 Å². The van der Waals surface area contributed by atoms with E-state index in [9.17, 15) is 4.79 Å². The summed E-state index contributed by atoms with van der Waals surface area (Å²) in [4.78, 5) is 15.4. The zero-order valence-electron chi connectivity index (χ0n) is 11.0. The van der Waals surface area contributed by atoms with Crippen LogP contribution in [0.4, 0.5) is 0 Å². The number of ether oxygens (including phenoxy) is 1. The molecule has 1 saturated heterocycles. The van der Waals surface area contributed by atoms with Crippen molar-refractivity contribution in [2.75, 3.05) is 6.61 Å². The van der Waals surface area contributed by atoms with Crippen LogP contribution in [0.3, 0.4) is 0 Å². The highest BCUT2D eigenvalue weighted by atomic mass is 16.5. The molecule has 0 spiro atoms. The van der Waals surface area contributed by atoms with E-state index in [0.29, 0.717) is 0 Å². The third-order valence-electron chi connectivity index (χ3n) is 3.83. The zero-order valence-corrected chi connectivity index (χ0v) is 11.0. The third-order valence-corrected chi connectivity index (χ3v) is 3.83. The SMILES string of the molecule is CC1(C)OCCC1n1cnc2ccc(C(=O)O)cc21. The van der Waals surface area contributed by atoms with Gasteiger partial charge < -0.3 is 14.4 Å². The lowest BCUT2D eigenvalue weighted by molar-refractivity contribution is 0.0151. The molecule has 1 aromatic heterocycles. The zero-order chi connectivity index (χ0) is 13.6. The second-order valence-electron chi connectivity index (χ2n) is 5.42. The van der Waals surface area contributed by atoms with E-state index in [4.69, 9.17) is 9.84 Å². The maximum atomic E-state index is 11.1. The highest BCUT2D eigenvalue weighted by molar-refractivity contribution is 5.92. The summed E-state index contributed by atoms with van der Waals surface area (Å²) < 4.78 is 7.77. The lowest BCUT2D eigenvalue weighted by atomic mass is 9.98. The number of imidazole rings is 1. The number of carboxylic acid groups (broad SMARTS) is 1. The molecule has 0 aliphatic carbocycles. The number of hydrogen-bond acceptors (Lipinski definition) is 3. The van der Waals surface area contributed by atoms with Gasteiger partial charge in [-0.25, -0.2) is 9.78 Å². The Labute approximate surface area is 110 Å². The van der Waals surface area contributed by atoms with Crippen LogP contribution in [-0.2, 0) is 4.74 Å². The Hall–Kier alpha value is -1.88. The Kier molecular flexibility index (Phi) is 2.60. The van der Waals surface area contributed by atoms with Gasteiger partial charge in [-0.2, -0.15) is 0 Å². The molecule has 1 aromatic carbocycles. The van der Waals surface area contributed by atoms with Crippen LogP contribution in [0, 0.1) is 0 Å². The molecule has 0 radical (unpaired) electrons. The second kappa shape index (κ2) is 4.06. The lowest BCUT2D eigenvalue weighted by Crippen LogP contribution is -2.29. The van der Waals surface area contributed by atoms with Crippen molar-refractivity contribution in [2.24, 2.45) is 0 Å². The molecule has 1 unspecified atom stereocenters. The van der Waals surface area contributed by atoms with Crippen molar-refractivity contribution in [3.05, 3.63) is 30.1 Å². The minimum absolute atomic E-state index is 0.182. The highest BCUT2D eigenvalue weighted by Gasteiger charge is 2.37. The van der Waals surface area contributed by atoms with E-state index in [1.165, 1.54) is 0 Å². The Morgan fingerprint density at radius 2 is 2.32 bits per heavy atom. The van der Waals surface area contributed by atoms with Gasteiger partial charge >= 0.3 is 5.97 Å². The summed E-state index contributed by atoms with van der Waals surface area (Å²) in [6, 6.07) is 5.19. The molecule has 0 bridgehead atoms. The van der Waals surface area contributed by atoms with Gasteiger partial charge in [0, 0.05) is 6.61 Å². The van der Waals surface area contributed by atoms with Crippen LogP contribution in [0.2, 0.25) is 0 Å². The van der Waals surface area contributed by atoms with Crippen molar-refractivity contribution in [3.63, 3.8) is 0 Å². The van der Waals surface area contributed by atoms with E-state index in [0.717, 1.165) is 24.1 Å². The van der Waals surface area contributed by atoms with Crippen molar-refractivity contribution >= 4 is 17.0 Å². The van der Waals surface area contributed by atoms with E-state index >= 15 is 0 Å². The summed E-state index contributed by atoms with van der Waals surface area (Å²) >= 11 is 0. The number of aromatic nitrogens is 2. The van der Waals surface area contributed by atoms with Crippen LogP contribution in [0.25, 0.3) is 11.0 Å². The predicted octanol–water partition coefficient (Wildman–Crippen LogP) is 2.47. The Morgan fingerprint density at radius 3 is 2.95 bits per heavy atom. The highest BCUT2D eigenvalue weighted by Crippen LogP contribution is 2.37.